The van der Waals surface area contributed by atoms with E-state index in [1.807, 2.05) is 19.1 Å². The maximum Gasteiger partial charge on any atom is 0.169 e. The van der Waals surface area contributed by atoms with Crippen LogP contribution in [0.15, 0.2) is 30.3 Å². The fraction of sp³-hybridized carbons (Fsp3) is 0.231. The second kappa shape index (κ2) is 4.31. The molecule has 0 unspecified atom stereocenters. The normalized spacial score (nSPS) is 10.4. The van der Waals surface area contributed by atoms with Crippen LogP contribution in [0.2, 0.25) is 0 Å². The summed E-state index contributed by atoms with van der Waals surface area (Å²) in [7, 11) is 1.60. The number of rotatable bonds is 3. The lowest BCUT2D eigenvalue weighted by Gasteiger charge is -2.12. The molecule has 2 rings (SSSR count). The molecule has 0 radical (unpaired) electrons. The summed E-state index contributed by atoms with van der Waals surface area (Å²) in [5.41, 5.74) is 0. The number of fused-ring (bicyclic) bond motifs is 1. The second-order valence-corrected chi connectivity index (χ2v) is 3.40. The highest BCUT2D eigenvalue weighted by Crippen LogP contribution is 2.38. The minimum atomic E-state index is 0.251. The molecule has 0 amide bonds. The Labute approximate surface area is 94.2 Å². The molecule has 0 aliphatic carbocycles. The average Bonchev–Trinajstić information content (AvgIpc) is 2.30. The Balaban J connectivity index is 2.73. The van der Waals surface area contributed by atoms with Gasteiger partial charge in [0.2, 0.25) is 0 Å². The number of methoxy groups -OCH3 is 1. The zero-order valence-electron chi connectivity index (χ0n) is 9.36. The summed E-state index contributed by atoms with van der Waals surface area (Å²) in [5, 5.41) is 11.4. The van der Waals surface area contributed by atoms with E-state index in [1.165, 1.54) is 0 Å². The molecule has 0 spiro atoms. The van der Waals surface area contributed by atoms with Gasteiger partial charge in [0.1, 0.15) is 5.75 Å². The molecule has 3 nitrogen and oxygen atoms in total. The fourth-order valence-electron chi connectivity index (χ4n) is 1.75. The van der Waals surface area contributed by atoms with Gasteiger partial charge in [-0.2, -0.15) is 0 Å². The number of ether oxygens (including phenoxy) is 2. The summed E-state index contributed by atoms with van der Waals surface area (Å²) in [4.78, 5) is 0. The van der Waals surface area contributed by atoms with Gasteiger partial charge in [-0.3, -0.25) is 0 Å². The van der Waals surface area contributed by atoms with Crippen molar-refractivity contribution in [2.45, 2.75) is 6.92 Å². The van der Waals surface area contributed by atoms with E-state index in [2.05, 4.69) is 0 Å². The molecule has 0 aliphatic rings. The third-order valence-electron chi connectivity index (χ3n) is 2.46. The summed E-state index contributed by atoms with van der Waals surface area (Å²) < 4.78 is 10.8. The van der Waals surface area contributed by atoms with Gasteiger partial charge in [0.15, 0.2) is 11.5 Å². The van der Waals surface area contributed by atoms with Crippen molar-refractivity contribution in [1.82, 2.24) is 0 Å². The van der Waals surface area contributed by atoms with Crippen LogP contribution in [0, 0.1) is 0 Å². The highest BCUT2D eigenvalue weighted by Gasteiger charge is 2.10. The van der Waals surface area contributed by atoms with Crippen molar-refractivity contribution in [3.05, 3.63) is 30.3 Å². The van der Waals surface area contributed by atoms with E-state index in [9.17, 15) is 5.11 Å². The lowest BCUT2D eigenvalue weighted by atomic mass is 10.1. The highest BCUT2D eigenvalue weighted by atomic mass is 16.5. The van der Waals surface area contributed by atoms with E-state index >= 15 is 0 Å². The van der Waals surface area contributed by atoms with Crippen LogP contribution in [-0.4, -0.2) is 18.8 Å². The van der Waals surface area contributed by atoms with Crippen molar-refractivity contribution in [3.63, 3.8) is 0 Å². The maximum absolute atomic E-state index is 9.73. The first-order valence-electron chi connectivity index (χ1n) is 5.19. The van der Waals surface area contributed by atoms with Gasteiger partial charge in [-0.1, -0.05) is 12.1 Å². The van der Waals surface area contributed by atoms with Crippen molar-refractivity contribution in [1.29, 1.82) is 0 Å². The molecule has 0 fully saturated rings. The molecule has 0 atom stereocenters. The quantitative estimate of drug-likeness (QED) is 0.860. The van der Waals surface area contributed by atoms with Gasteiger partial charge < -0.3 is 14.6 Å². The van der Waals surface area contributed by atoms with Crippen LogP contribution in [0.5, 0.6) is 17.2 Å². The number of hydrogen-bond donors (Lipinski definition) is 1. The number of benzene rings is 2. The van der Waals surface area contributed by atoms with Crippen LogP contribution < -0.4 is 9.47 Å². The standard InChI is InChI=1S/C13H14O3/c1-3-16-13-10-5-4-6-11(14)9(10)7-8-12(13)15-2/h4-8,14H,3H2,1-2H3. The zero-order valence-corrected chi connectivity index (χ0v) is 9.36. The topological polar surface area (TPSA) is 38.7 Å². The van der Waals surface area contributed by atoms with Gasteiger partial charge in [0, 0.05) is 10.8 Å². The number of aromatic hydroxyl groups is 1. The monoisotopic (exact) mass is 218 g/mol. The van der Waals surface area contributed by atoms with E-state index in [4.69, 9.17) is 9.47 Å². The molecule has 0 saturated carbocycles. The first-order chi connectivity index (χ1) is 7.77. The largest absolute Gasteiger partial charge is 0.507 e. The van der Waals surface area contributed by atoms with Gasteiger partial charge in [0.25, 0.3) is 0 Å². The van der Waals surface area contributed by atoms with Crippen molar-refractivity contribution >= 4 is 10.8 Å². The Morgan fingerprint density at radius 2 is 1.94 bits per heavy atom. The molecule has 3 heteroatoms. The first kappa shape index (κ1) is 10.6. The van der Waals surface area contributed by atoms with Crippen LogP contribution in [0.3, 0.4) is 0 Å². The Morgan fingerprint density at radius 1 is 1.12 bits per heavy atom. The summed E-state index contributed by atoms with van der Waals surface area (Å²) in [6.45, 7) is 2.48. The lowest BCUT2D eigenvalue weighted by Crippen LogP contribution is -1.96. The average molecular weight is 218 g/mol. The van der Waals surface area contributed by atoms with Crippen molar-refractivity contribution in [3.8, 4) is 17.2 Å². The molecule has 2 aromatic carbocycles. The minimum absolute atomic E-state index is 0.251. The van der Waals surface area contributed by atoms with E-state index in [1.54, 1.807) is 25.3 Å². The molecule has 84 valence electrons. The molecule has 0 heterocycles. The molecular formula is C13H14O3. The van der Waals surface area contributed by atoms with E-state index in [-0.39, 0.29) is 5.75 Å². The Bertz CT molecular complexity index is 506. The van der Waals surface area contributed by atoms with Gasteiger partial charge in [-0.25, -0.2) is 0 Å². The molecule has 0 aromatic heterocycles. The summed E-state index contributed by atoms with van der Waals surface area (Å²) in [5.74, 6) is 1.61. The summed E-state index contributed by atoms with van der Waals surface area (Å²) in [6.07, 6.45) is 0. The third kappa shape index (κ3) is 1.65. The van der Waals surface area contributed by atoms with Gasteiger partial charge >= 0.3 is 0 Å². The fourth-order valence-corrected chi connectivity index (χ4v) is 1.75. The van der Waals surface area contributed by atoms with E-state index in [0.717, 1.165) is 10.8 Å². The number of phenols is 1. The van der Waals surface area contributed by atoms with Crippen molar-refractivity contribution in [2.75, 3.05) is 13.7 Å². The molecule has 0 saturated heterocycles. The smallest absolute Gasteiger partial charge is 0.169 e. The SMILES string of the molecule is CCOc1c(OC)ccc2c(O)cccc12. The van der Waals surface area contributed by atoms with Gasteiger partial charge in [-0.15, -0.1) is 0 Å². The van der Waals surface area contributed by atoms with Crippen molar-refractivity contribution in [2.24, 2.45) is 0 Å². The van der Waals surface area contributed by atoms with E-state index in [0.29, 0.717) is 18.1 Å². The van der Waals surface area contributed by atoms with Crippen LogP contribution in [-0.2, 0) is 0 Å². The predicted octanol–water partition coefficient (Wildman–Crippen LogP) is 2.95. The van der Waals surface area contributed by atoms with E-state index < -0.39 is 0 Å². The molecule has 1 N–H and O–H groups in total. The minimum Gasteiger partial charge on any atom is -0.507 e. The zero-order chi connectivity index (χ0) is 11.5. The highest BCUT2D eigenvalue weighted by molar-refractivity contribution is 5.94. The first-order valence-corrected chi connectivity index (χ1v) is 5.19. The Morgan fingerprint density at radius 3 is 2.62 bits per heavy atom. The Hall–Kier alpha value is -1.90. The van der Waals surface area contributed by atoms with Crippen molar-refractivity contribution < 1.29 is 14.6 Å². The third-order valence-corrected chi connectivity index (χ3v) is 2.46. The van der Waals surface area contributed by atoms with Crippen LogP contribution in [0.4, 0.5) is 0 Å². The lowest BCUT2D eigenvalue weighted by molar-refractivity contribution is 0.315. The molecule has 2 aromatic rings. The summed E-state index contributed by atoms with van der Waals surface area (Å²) in [6, 6.07) is 8.98. The predicted molar refractivity (Wildman–Crippen MR) is 63.3 cm³/mol. The molecule has 16 heavy (non-hydrogen) atoms. The summed E-state index contributed by atoms with van der Waals surface area (Å²) >= 11 is 0. The number of phenolic OH excluding ortho intramolecular Hbond substituents is 1. The van der Waals surface area contributed by atoms with Crippen LogP contribution in [0.25, 0.3) is 10.8 Å². The van der Waals surface area contributed by atoms with Crippen LogP contribution in [0.1, 0.15) is 6.92 Å². The maximum atomic E-state index is 9.73. The Kier molecular flexibility index (Phi) is 2.86. The molecular weight excluding hydrogens is 204 g/mol. The number of hydrogen-bond acceptors (Lipinski definition) is 3. The second-order valence-electron chi connectivity index (χ2n) is 3.40. The molecule has 0 aliphatic heterocycles. The van der Waals surface area contributed by atoms with Gasteiger partial charge in [0.05, 0.1) is 13.7 Å². The molecule has 0 bridgehead atoms. The van der Waals surface area contributed by atoms with Crippen LogP contribution >= 0.6 is 0 Å². The van der Waals surface area contributed by atoms with Gasteiger partial charge in [-0.05, 0) is 25.1 Å².